The SMILES string of the molecule is Cc1cccc(N2CCN(Cc3nc(-c4ccc(C(F)(F)F)cc4)no3)CC2)c1. The third-order valence-electron chi connectivity index (χ3n) is 5.04. The zero-order chi connectivity index (χ0) is 20.4. The van der Waals surface area contributed by atoms with Crippen LogP contribution in [0.1, 0.15) is 17.0 Å². The van der Waals surface area contributed by atoms with Gasteiger partial charge in [0.2, 0.25) is 11.7 Å². The van der Waals surface area contributed by atoms with E-state index in [1.54, 1.807) is 0 Å². The van der Waals surface area contributed by atoms with Crippen LogP contribution in [0.4, 0.5) is 18.9 Å². The van der Waals surface area contributed by atoms with Crippen molar-refractivity contribution in [2.45, 2.75) is 19.6 Å². The van der Waals surface area contributed by atoms with E-state index in [0.717, 1.165) is 38.3 Å². The third-order valence-corrected chi connectivity index (χ3v) is 5.04. The molecule has 0 unspecified atom stereocenters. The van der Waals surface area contributed by atoms with Crippen molar-refractivity contribution in [3.05, 3.63) is 65.5 Å². The molecule has 1 saturated heterocycles. The monoisotopic (exact) mass is 402 g/mol. The molecule has 5 nitrogen and oxygen atoms in total. The second-order valence-corrected chi connectivity index (χ2v) is 7.19. The van der Waals surface area contributed by atoms with Gasteiger partial charge in [-0.3, -0.25) is 4.90 Å². The Morgan fingerprint density at radius 1 is 1.00 bits per heavy atom. The van der Waals surface area contributed by atoms with Crippen LogP contribution in [0, 0.1) is 6.92 Å². The first-order valence-corrected chi connectivity index (χ1v) is 9.43. The van der Waals surface area contributed by atoms with Gasteiger partial charge in [-0.25, -0.2) is 0 Å². The maximum atomic E-state index is 12.7. The van der Waals surface area contributed by atoms with Crippen molar-refractivity contribution in [2.24, 2.45) is 0 Å². The molecule has 0 N–H and O–H groups in total. The maximum absolute atomic E-state index is 12.7. The highest BCUT2D eigenvalue weighted by molar-refractivity contribution is 5.54. The van der Waals surface area contributed by atoms with Crippen molar-refractivity contribution in [3.8, 4) is 11.4 Å². The van der Waals surface area contributed by atoms with Crippen LogP contribution >= 0.6 is 0 Å². The van der Waals surface area contributed by atoms with Crippen molar-refractivity contribution in [1.82, 2.24) is 15.0 Å². The molecule has 29 heavy (non-hydrogen) atoms. The summed E-state index contributed by atoms with van der Waals surface area (Å²) in [5, 5.41) is 3.91. The Balaban J connectivity index is 1.35. The van der Waals surface area contributed by atoms with E-state index >= 15 is 0 Å². The Hall–Kier alpha value is -2.87. The predicted molar refractivity (Wildman–Crippen MR) is 103 cm³/mol. The summed E-state index contributed by atoms with van der Waals surface area (Å²) in [5.41, 5.74) is 2.27. The highest BCUT2D eigenvalue weighted by atomic mass is 19.4. The van der Waals surface area contributed by atoms with Gasteiger partial charge in [-0.05, 0) is 36.8 Å². The molecular weight excluding hydrogens is 381 g/mol. The lowest BCUT2D eigenvalue weighted by atomic mass is 10.1. The zero-order valence-corrected chi connectivity index (χ0v) is 16.0. The molecule has 0 bridgehead atoms. The van der Waals surface area contributed by atoms with Gasteiger partial charge in [-0.1, -0.05) is 29.4 Å². The standard InChI is InChI=1S/C21H21F3N4O/c1-15-3-2-4-18(13-15)28-11-9-27(10-12-28)14-19-25-20(26-29-19)16-5-7-17(8-6-16)21(22,23)24/h2-8,13H,9-12,14H2,1H3. The smallest absolute Gasteiger partial charge is 0.369 e. The zero-order valence-electron chi connectivity index (χ0n) is 16.0. The lowest BCUT2D eigenvalue weighted by Gasteiger charge is -2.35. The molecule has 2 heterocycles. The Kier molecular flexibility index (Phi) is 5.27. The number of halogens is 3. The van der Waals surface area contributed by atoms with Gasteiger partial charge in [-0.15, -0.1) is 0 Å². The number of benzene rings is 2. The molecule has 0 amide bonds. The van der Waals surface area contributed by atoms with Crippen LogP contribution in [0.5, 0.6) is 0 Å². The van der Waals surface area contributed by atoms with Gasteiger partial charge in [0.1, 0.15) is 0 Å². The van der Waals surface area contributed by atoms with Gasteiger partial charge in [0, 0.05) is 37.4 Å². The average Bonchev–Trinajstić information content (AvgIpc) is 3.16. The minimum atomic E-state index is -4.36. The molecule has 152 valence electrons. The van der Waals surface area contributed by atoms with E-state index in [-0.39, 0.29) is 0 Å². The fraction of sp³-hybridized carbons (Fsp3) is 0.333. The largest absolute Gasteiger partial charge is 0.416 e. The van der Waals surface area contributed by atoms with Gasteiger partial charge in [0.15, 0.2) is 0 Å². The van der Waals surface area contributed by atoms with Crippen molar-refractivity contribution in [3.63, 3.8) is 0 Å². The molecule has 0 radical (unpaired) electrons. The van der Waals surface area contributed by atoms with Crippen LogP contribution in [-0.4, -0.2) is 41.2 Å². The second kappa shape index (κ2) is 7.87. The number of alkyl halides is 3. The number of aromatic nitrogens is 2. The molecule has 0 atom stereocenters. The summed E-state index contributed by atoms with van der Waals surface area (Å²) >= 11 is 0. The topological polar surface area (TPSA) is 45.4 Å². The minimum Gasteiger partial charge on any atom is -0.369 e. The highest BCUT2D eigenvalue weighted by Crippen LogP contribution is 2.30. The molecule has 0 spiro atoms. The van der Waals surface area contributed by atoms with Crippen LogP contribution in [-0.2, 0) is 12.7 Å². The first-order chi connectivity index (χ1) is 13.9. The van der Waals surface area contributed by atoms with Crippen molar-refractivity contribution < 1.29 is 17.7 Å². The summed E-state index contributed by atoms with van der Waals surface area (Å²) in [4.78, 5) is 8.93. The van der Waals surface area contributed by atoms with E-state index in [0.29, 0.717) is 23.8 Å². The molecular formula is C21H21F3N4O. The molecule has 1 aliphatic rings. The van der Waals surface area contributed by atoms with Crippen LogP contribution in [0.3, 0.4) is 0 Å². The molecule has 0 saturated carbocycles. The van der Waals surface area contributed by atoms with E-state index in [1.807, 2.05) is 0 Å². The predicted octanol–water partition coefficient (Wildman–Crippen LogP) is 4.39. The Morgan fingerprint density at radius 2 is 1.72 bits per heavy atom. The van der Waals surface area contributed by atoms with Crippen LogP contribution in [0.2, 0.25) is 0 Å². The third kappa shape index (κ3) is 4.59. The number of rotatable bonds is 4. The van der Waals surface area contributed by atoms with Gasteiger partial charge in [-0.2, -0.15) is 18.2 Å². The summed E-state index contributed by atoms with van der Waals surface area (Å²) in [5.74, 6) is 0.760. The average molecular weight is 402 g/mol. The maximum Gasteiger partial charge on any atom is 0.416 e. The molecule has 2 aromatic carbocycles. The van der Waals surface area contributed by atoms with E-state index in [2.05, 4.69) is 51.1 Å². The summed E-state index contributed by atoms with van der Waals surface area (Å²) in [6.07, 6.45) is -4.36. The lowest BCUT2D eigenvalue weighted by molar-refractivity contribution is -0.137. The number of hydrogen-bond acceptors (Lipinski definition) is 5. The Morgan fingerprint density at radius 3 is 2.38 bits per heavy atom. The minimum absolute atomic E-state index is 0.298. The van der Waals surface area contributed by atoms with Gasteiger partial charge in [0.05, 0.1) is 12.1 Å². The quantitative estimate of drug-likeness (QED) is 0.648. The highest BCUT2D eigenvalue weighted by Gasteiger charge is 2.30. The van der Waals surface area contributed by atoms with E-state index < -0.39 is 11.7 Å². The van der Waals surface area contributed by atoms with E-state index in [4.69, 9.17) is 4.52 Å². The van der Waals surface area contributed by atoms with Gasteiger partial charge < -0.3 is 9.42 Å². The Labute approximate surface area is 166 Å². The fourth-order valence-corrected chi connectivity index (χ4v) is 3.42. The Bertz CT molecular complexity index is 961. The molecule has 1 aromatic heterocycles. The molecule has 1 aliphatic heterocycles. The van der Waals surface area contributed by atoms with E-state index in [1.165, 1.54) is 23.4 Å². The van der Waals surface area contributed by atoms with Crippen molar-refractivity contribution in [2.75, 3.05) is 31.1 Å². The summed E-state index contributed by atoms with van der Waals surface area (Å²) in [6.45, 7) is 6.16. The van der Waals surface area contributed by atoms with Crippen molar-refractivity contribution >= 4 is 5.69 Å². The number of anilines is 1. The molecule has 8 heteroatoms. The summed E-state index contributed by atoms with van der Waals surface area (Å²) < 4.78 is 43.4. The number of hydrogen-bond donors (Lipinski definition) is 0. The number of piperazine rings is 1. The lowest BCUT2D eigenvalue weighted by Crippen LogP contribution is -2.46. The van der Waals surface area contributed by atoms with Crippen LogP contribution in [0.25, 0.3) is 11.4 Å². The summed E-state index contributed by atoms with van der Waals surface area (Å²) in [7, 11) is 0. The summed E-state index contributed by atoms with van der Waals surface area (Å²) in [6, 6.07) is 13.2. The van der Waals surface area contributed by atoms with Crippen LogP contribution < -0.4 is 4.90 Å². The van der Waals surface area contributed by atoms with Crippen LogP contribution in [0.15, 0.2) is 53.1 Å². The molecule has 4 rings (SSSR count). The van der Waals surface area contributed by atoms with Gasteiger partial charge >= 0.3 is 6.18 Å². The fourth-order valence-electron chi connectivity index (χ4n) is 3.42. The van der Waals surface area contributed by atoms with Crippen molar-refractivity contribution in [1.29, 1.82) is 0 Å². The number of aryl methyl sites for hydroxylation is 1. The molecule has 3 aromatic rings. The molecule has 1 fully saturated rings. The molecule has 0 aliphatic carbocycles. The van der Waals surface area contributed by atoms with E-state index in [9.17, 15) is 13.2 Å². The second-order valence-electron chi connectivity index (χ2n) is 7.19. The normalized spacial score (nSPS) is 15.7. The van der Waals surface area contributed by atoms with Gasteiger partial charge in [0.25, 0.3) is 0 Å². The first kappa shape index (κ1) is 19.4. The number of nitrogens with zero attached hydrogens (tertiary/aromatic N) is 4. The first-order valence-electron chi connectivity index (χ1n) is 9.43.